The highest BCUT2D eigenvalue weighted by atomic mass is 32.1. The summed E-state index contributed by atoms with van der Waals surface area (Å²) < 4.78 is 0. The van der Waals surface area contributed by atoms with Crippen LogP contribution in [0.4, 0.5) is 0 Å². The Labute approximate surface area is 119 Å². The van der Waals surface area contributed by atoms with Crippen LogP contribution in [-0.4, -0.2) is 41.3 Å². The number of nitrogens with one attached hydrogen (secondary N) is 1. The highest BCUT2D eigenvalue weighted by Gasteiger charge is 2.50. The standard InChI is InChI=1S/C13H23N3O2S/c1-4-16(5-2)10(17)8-15-12(18)13(11(14)19)6-9(3)7-13/h9H,4-8H2,1-3H3,(H2,14,19)(H,15,18). The van der Waals surface area contributed by atoms with Gasteiger partial charge in [-0.25, -0.2) is 0 Å². The van der Waals surface area contributed by atoms with E-state index in [9.17, 15) is 9.59 Å². The van der Waals surface area contributed by atoms with Gasteiger partial charge in [0.2, 0.25) is 11.8 Å². The molecular weight excluding hydrogens is 262 g/mol. The van der Waals surface area contributed by atoms with Crippen molar-refractivity contribution < 1.29 is 9.59 Å². The summed E-state index contributed by atoms with van der Waals surface area (Å²) >= 11 is 5.01. The Bertz CT molecular complexity index is 374. The maximum Gasteiger partial charge on any atom is 0.241 e. The van der Waals surface area contributed by atoms with Crippen molar-refractivity contribution in [1.82, 2.24) is 10.2 Å². The highest BCUT2D eigenvalue weighted by Crippen LogP contribution is 2.45. The maximum atomic E-state index is 12.2. The molecule has 0 aromatic heterocycles. The van der Waals surface area contributed by atoms with E-state index >= 15 is 0 Å². The predicted octanol–water partition coefficient (Wildman–Crippen LogP) is 0.673. The van der Waals surface area contributed by atoms with E-state index in [1.807, 2.05) is 13.8 Å². The van der Waals surface area contributed by atoms with E-state index in [1.165, 1.54) is 0 Å². The molecule has 1 aliphatic rings. The molecule has 0 radical (unpaired) electrons. The van der Waals surface area contributed by atoms with Crippen molar-refractivity contribution in [2.75, 3.05) is 19.6 Å². The van der Waals surface area contributed by atoms with Crippen LogP contribution in [0.1, 0.15) is 33.6 Å². The summed E-state index contributed by atoms with van der Waals surface area (Å²) in [6.45, 7) is 7.18. The molecule has 0 saturated heterocycles. The van der Waals surface area contributed by atoms with Crippen LogP contribution < -0.4 is 11.1 Å². The van der Waals surface area contributed by atoms with Crippen molar-refractivity contribution in [3.8, 4) is 0 Å². The van der Waals surface area contributed by atoms with Crippen LogP contribution in [0.25, 0.3) is 0 Å². The lowest BCUT2D eigenvalue weighted by molar-refractivity contribution is -0.137. The smallest absolute Gasteiger partial charge is 0.241 e. The minimum absolute atomic E-state index is 0.0132. The second-order valence-electron chi connectivity index (χ2n) is 5.21. The van der Waals surface area contributed by atoms with Crippen LogP contribution >= 0.6 is 12.2 Å². The molecule has 6 heteroatoms. The number of likely N-dealkylation sites (N-methyl/N-ethyl adjacent to an activating group) is 1. The number of carbonyl (C=O) groups is 2. The highest BCUT2D eigenvalue weighted by molar-refractivity contribution is 7.80. The van der Waals surface area contributed by atoms with Gasteiger partial charge in [-0.3, -0.25) is 9.59 Å². The lowest BCUT2D eigenvalue weighted by atomic mass is 9.62. The maximum absolute atomic E-state index is 12.2. The summed E-state index contributed by atoms with van der Waals surface area (Å²) in [7, 11) is 0. The minimum Gasteiger partial charge on any atom is -0.392 e. The number of thiocarbonyl (C=S) groups is 1. The number of nitrogens with two attached hydrogens (primary N) is 1. The van der Waals surface area contributed by atoms with Gasteiger partial charge in [0.25, 0.3) is 0 Å². The van der Waals surface area contributed by atoms with Gasteiger partial charge in [-0.15, -0.1) is 0 Å². The monoisotopic (exact) mass is 285 g/mol. The predicted molar refractivity (Wildman–Crippen MR) is 78.6 cm³/mol. The number of amides is 2. The lowest BCUT2D eigenvalue weighted by Gasteiger charge is -2.44. The molecular formula is C13H23N3O2S. The molecule has 2 amide bonds. The Morgan fingerprint density at radius 2 is 1.89 bits per heavy atom. The molecule has 0 aliphatic heterocycles. The Balaban J connectivity index is 2.55. The summed E-state index contributed by atoms with van der Waals surface area (Å²) in [6.07, 6.45) is 1.35. The van der Waals surface area contributed by atoms with E-state index in [4.69, 9.17) is 18.0 Å². The van der Waals surface area contributed by atoms with Crippen molar-refractivity contribution in [1.29, 1.82) is 0 Å². The summed E-state index contributed by atoms with van der Waals surface area (Å²) in [6, 6.07) is 0. The second-order valence-corrected chi connectivity index (χ2v) is 5.65. The molecule has 0 spiro atoms. The van der Waals surface area contributed by atoms with Gasteiger partial charge < -0.3 is 16.0 Å². The van der Waals surface area contributed by atoms with Crippen LogP contribution in [0.15, 0.2) is 0 Å². The van der Waals surface area contributed by atoms with Crippen molar-refractivity contribution in [2.45, 2.75) is 33.6 Å². The summed E-state index contributed by atoms with van der Waals surface area (Å²) in [5.41, 5.74) is 4.95. The molecule has 0 heterocycles. The first-order valence-electron chi connectivity index (χ1n) is 6.73. The van der Waals surface area contributed by atoms with Crippen LogP contribution in [0.5, 0.6) is 0 Å². The number of hydrogen-bond donors (Lipinski definition) is 2. The number of carbonyl (C=O) groups excluding carboxylic acids is 2. The third kappa shape index (κ3) is 3.23. The molecule has 0 bridgehead atoms. The van der Waals surface area contributed by atoms with E-state index in [0.29, 0.717) is 31.8 Å². The molecule has 0 atom stereocenters. The fourth-order valence-corrected chi connectivity index (χ4v) is 2.90. The largest absolute Gasteiger partial charge is 0.392 e. The third-order valence-corrected chi connectivity index (χ3v) is 4.21. The first kappa shape index (κ1) is 15.9. The molecule has 0 aromatic carbocycles. The van der Waals surface area contributed by atoms with Crippen molar-refractivity contribution in [3.63, 3.8) is 0 Å². The van der Waals surface area contributed by atoms with Gasteiger partial charge in [0, 0.05) is 13.1 Å². The zero-order valence-electron chi connectivity index (χ0n) is 11.9. The van der Waals surface area contributed by atoms with Gasteiger partial charge >= 0.3 is 0 Å². The normalized spacial score (nSPS) is 25.3. The molecule has 0 unspecified atom stereocenters. The average molecular weight is 285 g/mol. The average Bonchev–Trinajstić information content (AvgIpc) is 2.32. The fraction of sp³-hybridized carbons (Fsp3) is 0.769. The molecule has 19 heavy (non-hydrogen) atoms. The van der Waals surface area contributed by atoms with Gasteiger partial charge in [-0.05, 0) is 32.6 Å². The van der Waals surface area contributed by atoms with Gasteiger partial charge in [-0.1, -0.05) is 19.1 Å². The first-order chi connectivity index (χ1) is 8.87. The van der Waals surface area contributed by atoms with Crippen LogP contribution in [0.2, 0.25) is 0 Å². The Morgan fingerprint density at radius 1 is 1.37 bits per heavy atom. The van der Waals surface area contributed by atoms with Gasteiger partial charge in [0.1, 0.15) is 0 Å². The van der Waals surface area contributed by atoms with E-state index in [0.717, 1.165) is 0 Å². The molecule has 5 nitrogen and oxygen atoms in total. The van der Waals surface area contributed by atoms with Gasteiger partial charge in [-0.2, -0.15) is 0 Å². The third-order valence-electron chi connectivity index (χ3n) is 3.82. The van der Waals surface area contributed by atoms with E-state index in [1.54, 1.807) is 4.90 Å². The first-order valence-corrected chi connectivity index (χ1v) is 7.14. The van der Waals surface area contributed by atoms with E-state index < -0.39 is 5.41 Å². The van der Waals surface area contributed by atoms with Crippen molar-refractivity contribution in [3.05, 3.63) is 0 Å². The summed E-state index contributed by atoms with van der Waals surface area (Å²) in [4.78, 5) is 25.9. The van der Waals surface area contributed by atoms with Crippen LogP contribution in [0, 0.1) is 11.3 Å². The molecule has 108 valence electrons. The zero-order valence-corrected chi connectivity index (χ0v) is 12.7. The Kier molecular flexibility index (Phi) is 5.29. The molecule has 0 aromatic rings. The van der Waals surface area contributed by atoms with Crippen molar-refractivity contribution in [2.24, 2.45) is 17.1 Å². The summed E-state index contributed by atoms with van der Waals surface area (Å²) in [5, 5.41) is 2.68. The number of hydrogen-bond acceptors (Lipinski definition) is 3. The molecule has 1 fully saturated rings. The van der Waals surface area contributed by atoms with E-state index in [2.05, 4.69) is 12.2 Å². The number of rotatable bonds is 6. The Hall–Kier alpha value is -1.17. The quantitative estimate of drug-likeness (QED) is 0.704. The van der Waals surface area contributed by atoms with Crippen LogP contribution in [-0.2, 0) is 9.59 Å². The zero-order chi connectivity index (χ0) is 14.6. The lowest BCUT2D eigenvalue weighted by Crippen LogP contribution is -2.57. The van der Waals surface area contributed by atoms with Crippen LogP contribution in [0.3, 0.4) is 0 Å². The molecule has 1 saturated carbocycles. The van der Waals surface area contributed by atoms with E-state index in [-0.39, 0.29) is 23.3 Å². The summed E-state index contributed by atoms with van der Waals surface area (Å²) in [5.74, 6) is 0.160. The topological polar surface area (TPSA) is 75.4 Å². The van der Waals surface area contributed by atoms with Crippen molar-refractivity contribution >= 4 is 29.0 Å². The SMILES string of the molecule is CCN(CC)C(=O)CNC(=O)C1(C(N)=S)CC(C)C1. The molecule has 1 aliphatic carbocycles. The van der Waals surface area contributed by atoms with Gasteiger partial charge in [0.15, 0.2) is 0 Å². The minimum atomic E-state index is -0.738. The fourth-order valence-electron chi connectivity index (χ4n) is 2.64. The van der Waals surface area contributed by atoms with Gasteiger partial charge in [0.05, 0.1) is 16.9 Å². The molecule has 3 N–H and O–H groups in total. The second kappa shape index (κ2) is 6.32. The number of nitrogens with zero attached hydrogens (tertiary/aromatic N) is 1. The molecule has 1 rings (SSSR count). The Morgan fingerprint density at radius 3 is 2.26 bits per heavy atom.